The summed E-state index contributed by atoms with van der Waals surface area (Å²) in [6, 6.07) is 3.35. The van der Waals surface area contributed by atoms with Crippen molar-refractivity contribution >= 4 is 17.5 Å². The van der Waals surface area contributed by atoms with Gasteiger partial charge in [-0.2, -0.15) is 0 Å². The monoisotopic (exact) mass is 307 g/mol. The number of nitrogens with zero attached hydrogens (tertiary/aromatic N) is 2. The van der Waals surface area contributed by atoms with Gasteiger partial charge in [0.25, 0.3) is 5.91 Å². The molecule has 0 unspecified atom stereocenters. The van der Waals surface area contributed by atoms with Crippen molar-refractivity contribution in [2.24, 2.45) is 0 Å². The SMILES string of the molecule is CCCc1cc(C(=O)NCc2c(C)noc2C)cc(Cl)n1. The third kappa shape index (κ3) is 3.82. The Morgan fingerprint density at radius 1 is 1.38 bits per heavy atom. The third-order valence-electron chi connectivity index (χ3n) is 3.22. The Hall–Kier alpha value is -1.88. The predicted octanol–water partition coefficient (Wildman–Crippen LogP) is 3.22. The molecule has 112 valence electrons. The number of nitrogens with one attached hydrogen (secondary N) is 1. The molecule has 0 atom stereocenters. The normalized spacial score (nSPS) is 10.7. The third-order valence-corrected chi connectivity index (χ3v) is 3.42. The average molecular weight is 308 g/mol. The highest BCUT2D eigenvalue weighted by Gasteiger charge is 2.13. The summed E-state index contributed by atoms with van der Waals surface area (Å²) >= 11 is 5.96. The van der Waals surface area contributed by atoms with Crippen molar-refractivity contribution in [1.29, 1.82) is 0 Å². The number of amides is 1. The van der Waals surface area contributed by atoms with Crippen LogP contribution in [0, 0.1) is 13.8 Å². The van der Waals surface area contributed by atoms with Gasteiger partial charge in [0.1, 0.15) is 10.9 Å². The Morgan fingerprint density at radius 2 is 2.14 bits per heavy atom. The topological polar surface area (TPSA) is 68.0 Å². The van der Waals surface area contributed by atoms with Gasteiger partial charge in [0.05, 0.1) is 5.69 Å². The molecule has 2 aromatic rings. The molecule has 0 aliphatic heterocycles. The van der Waals surface area contributed by atoms with E-state index < -0.39 is 0 Å². The molecule has 21 heavy (non-hydrogen) atoms. The Labute approximate surface area is 128 Å². The summed E-state index contributed by atoms with van der Waals surface area (Å²) in [5.74, 6) is 0.531. The van der Waals surface area contributed by atoms with Gasteiger partial charge in [-0.15, -0.1) is 0 Å². The first kappa shape index (κ1) is 15.5. The molecule has 1 N–H and O–H groups in total. The number of aromatic nitrogens is 2. The smallest absolute Gasteiger partial charge is 0.251 e. The lowest BCUT2D eigenvalue weighted by molar-refractivity contribution is 0.0950. The molecule has 0 saturated carbocycles. The minimum Gasteiger partial charge on any atom is -0.361 e. The molecule has 0 radical (unpaired) electrons. The van der Waals surface area contributed by atoms with Crippen LogP contribution in [0.4, 0.5) is 0 Å². The maximum absolute atomic E-state index is 12.2. The van der Waals surface area contributed by atoms with Gasteiger partial charge in [0, 0.05) is 23.4 Å². The van der Waals surface area contributed by atoms with Crippen LogP contribution in [0.3, 0.4) is 0 Å². The van der Waals surface area contributed by atoms with E-state index in [4.69, 9.17) is 16.1 Å². The molecule has 5 nitrogen and oxygen atoms in total. The van der Waals surface area contributed by atoms with Gasteiger partial charge in [-0.3, -0.25) is 4.79 Å². The highest BCUT2D eigenvalue weighted by atomic mass is 35.5. The lowest BCUT2D eigenvalue weighted by atomic mass is 10.1. The Balaban J connectivity index is 2.10. The zero-order chi connectivity index (χ0) is 15.4. The molecule has 0 spiro atoms. The number of pyridine rings is 1. The van der Waals surface area contributed by atoms with E-state index in [1.54, 1.807) is 12.1 Å². The Kier molecular flexibility index (Phi) is 4.96. The zero-order valence-electron chi connectivity index (χ0n) is 12.4. The molecule has 1 amide bonds. The maximum atomic E-state index is 12.2. The maximum Gasteiger partial charge on any atom is 0.251 e. The Morgan fingerprint density at radius 3 is 2.76 bits per heavy atom. The van der Waals surface area contributed by atoms with Crippen molar-refractivity contribution in [2.45, 2.75) is 40.2 Å². The first-order chi connectivity index (χ1) is 10.0. The first-order valence-electron chi connectivity index (χ1n) is 6.87. The first-order valence-corrected chi connectivity index (χ1v) is 7.25. The second-order valence-electron chi connectivity index (χ2n) is 4.91. The minimum absolute atomic E-state index is 0.184. The summed E-state index contributed by atoms with van der Waals surface area (Å²) in [5, 5.41) is 7.05. The van der Waals surface area contributed by atoms with Crippen LogP contribution in [0.1, 0.15) is 46.4 Å². The van der Waals surface area contributed by atoms with Gasteiger partial charge in [0.15, 0.2) is 0 Å². The summed E-state index contributed by atoms with van der Waals surface area (Å²) in [7, 11) is 0. The lowest BCUT2D eigenvalue weighted by Gasteiger charge is -2.07. The van der Waals surface area contributed by atoms with E-state index in [0.29, 0.717) is 23.0 Å². The quantitative estimate of drug-likeness (QED) is 0.861. The summed E-state index contributed by atoms with van der Waals surface area (Å²) in [5.41, 5.74) is 3.03. The molecule has 0 fully saturated rings. The van der Waals surface area contributed by atoms with Crippen LogP contribution >= 0.6 is 11.6 Å². The fourth-order valence-electron chi connectivity index (χ4n) is 2.09. The van der Waals surface area contributed by atoms with Gasteiger partial charge in [0.2, 0.25) is 0 Å². The van der Waals surface area contributed by atoms with Crippen molar-refractivity contribution in [3.05, 3.63) is 45.6 Å². The number of halogens is 1. The average Bonchev–Trinajstić information content (AvgIpc) is 2.75. The van der Waals surface area contributed by atoms with Gasteiger partial charge >= 0.3 is 0 Å². The molecule has 0 aromatic carbocycles. The van der Waals surface area contributed by atoms with Crippen LogP contribution in [0.15, 0.2) is 16.7 Å². The Bertz CT molecular complexity index is 633. The van der Waals surface area contributed by atoms with E-state index in [0.717, 1.165) is 29.8 Å². The minimum atomic E-state index is -0.184. The summed E-state index contributed by atoms with van der Waals surface area (Å²) in [4.78, 5) is 16.4. The molecule has 0 saturated heterocycles. The van der Waals surface area contributed by atoms with E-state index in [1.807, 2.05) is 13.8 Å². The second-order valence-corrected chi connectivity index (χ2v) is 5.29. The molecule has 2 heterocycles. The molecule has 0 aliphatic rings. The fraction of sp³-hybridized carbons (Fsp3) is 0.400. The number of hydrogen-bond acceptors (Lipinski definition) is 4. The molecule has 0 bridgehead atoms. The van der Waals surface area contributed by atoms with Gasteiger partial charge in [-0.05, 0) is 32.4 Å². The van der Waals surface area contributed by atoms with Gasteiger partial charge < -0.3 is 9.84 Å². The number of rotatable bonds is 5. The molecule has 2 aromatic heterocycles. The van der Waals surface area contributed by atoms with Crippen LogP contribution in [-0.4, -0.2) is 16.0 Å². The highest BCUT2D eigenvalue weighted by Crippen LogP contribution is 2.14. The summed E-state index contributed by atoms with van der Waals surface area (Å²) in [6.45, 7) is 6.10. The van der Waals surface area contributed by atoms with E-state index in [9.17, 15) is 4.79 Å². The van der Waals surface area contributed by atoms with Crippen molar-refractivity contribution < 1.29 is 9.32 Å². The van der Waals surface area contributed by atoms with Crippen molar-refractivity contribution in [1.82, 2.24) is 15.5 Å². The van der Waals surface area contributed by atoms with E-state index in [1.165, 1.54) is 0 Å². The number of carbonyl (C=O) groups excluding carboxylic acids is 1. The molecule has 0 aliphatic carbocycles. The lowest BCUT2D eigenvalue weighted by Crippen LogP contribution is -2.23. The highest BCUT2D eigenvalue weighted by molar-refractivity contribution is 6.29. The van der Waals surface area contributed by atoms with Crippen LogP contribution < -0.4 is 5.32 Å². The number of aryl methyl sites for hydroxylation is 3. The van der Waals surface area contributed by atoms with Crippen LogP contribution in [0.25, 0.3) is 0 Å². The molecule has 6 heteroatoms. The van der Waals surface area contributed by atoms with Crippen LogP contribution in [-0.2, 0) is 13.0 Å². The van der Waals surface area contributed by atoms with E-state index in [-0.39, 0.29) is 5.91 Å². The molecular formula is C15H18ClN3O2. The largest absolute Gasteiger partial charge is 0.361 e. The molecule has 2 rings (SSSR count). The summed E-state index contributed by atoms with van der Waals surface area (Å²) in [6.07, 6.45) is 1.75. The van der Waals surface area contributed by atoms with E-state index in [2.05, 4.69) is 22.4 Å². The summed E-state index contributed by atoms with van der Waals surface area (Å²) < 4.78 is 5.07. The fourth-order valence-corrected chi connectivity index (χ4v) is 2.32. The predicted molar refractivity (Wildman–Crippen MR) is 80.4 cm³/mol. The van der Waals surface area contributed by atoms with Gasteiger partial charge in [-0.25, -0.2) is 4.98 Å². The van der Waals surface area contributed by atoms with Crippen molar-refractivity contribution in [3.63, 3.8) is 0 Å². The van der Waals surface area contributed by atoms with E-state index >= 15 is 0 Å². The second kappa shape index (κ2) is 6.72. The number of hydrogen-bond donors (Lipinski definition) is 1. The molecular weight excluding hydrogens is 290 g/mol. The van der Waals surface area contributed by atoms with Crippen LogP contribution in [0.5, 0.6) is 0 Å². The van der Waals surface area contributed by atoms with Gasteiger partial charge in [-0.1, -0.05) is 30.1 Å². The standard InChI is InChI=1S/C15H18ClN3O2/c1-4-5-12-6-11(7-14(16)18-12)15(20)17-8-13-9(2)19-21-10(13)3/h6-7H,4-5,8H2,1-3H3,(H,17,20). The van der Waals surface area contributed by atoms with Crippen molar-refractivity contribution in [3.8, 4) is 0 Å². The van der Waals surface area contributed by atoms with Crippen molar-refractivity contribution in [2.75, 3.05) is 0 Å². The number of carbonyl (C=O) groups is 1. The van der Waals surface area contributed by atoms with Crippen LogP contribution in [0.2, 0.25) is 5.15 Å². The zero-order valence-corrected chi connectivity index (χ0v) is 13.1.